The number of carbonyl (C=O) groups excluding carboxylic acids is 1. The van der Waals surface area contributed by atoms with Crippen LogP contribution in [0.2, 0.25) is 0 Å². The van der Waals surface area contributed by atoms with Gasteiger partial charge in [0.15, 0.2) is 11.6 Å². The van der Waals surface area contributed by atoms with Gasteiger partial charge in [-0.05, 0) is 25.5 Å². The standard InChI is InChI=1S/C28H30N8O3S/c1-3-8-36(28-29-14-18(15-30-28)27(37)39-4-2)17-19-13-23-24(40-19)26(35-9-11-38-12-10-35)33-25(32-23)20-6-5-7-22-21(20)16-31-34-22/h5-7,13-16H,3-4,8-12,17H2,1-2H3,(H,31,34). The van der Waals surface area contributed by atoms with Crippen molar-refractivity contribution in [3.05, 3.63) is 53.3 Å². The highest BCUT2D eigenvalue weighted by molar-refractivity contribution is 7.19. The van der Waals surface area contributed by atoms with Gasteiger partial charge in [-0.15, -0.1) is 11.3 Å². The minimum absolute atomic E-state index is 0.308. The molecule has 12 heteroatoms. The Labute approximate surface area is 235 Å². The zero-order chi connectivity index (χ0) is 27.5. The number of carbonyl (C=O) groups is 1. The Balaban J connectivity index is 1.37. The van der Waals surface area contributed by atoms with Crippen molar-refractivity contribution in [2.24, 2.45) is 0 Å². The van der Waals surface area contributed by atoms with E-state index in [1.54, 1.807) is 18.3 Å². The van der Waals surface area contributed by atoms with E-state index in [0.29, 0.717) is 43.7 Å². The van der Waals surface area contributed by atoms with Crippen LogP contribution in [-0.4, -0.2) is 75.6 Å². The van der Waals surface area contributed by atoms with Crippen LogP contribution in [0, 0.1) is 0 Å². The van der Waals surface area contributed by atoms with E-state index in [1.165, 1.54) is 12.4 Å². The maximum absolute atomic E-state index is 12.0. The van der Waals surface area contributed by atoms with Gasteiger partial charge in [-0.3, -0.25) is 5.10 Å². The van der Waals surface area contributed by atoms with E-state index in [0.717, 1.165) is 63.4 Å². The Hall–Kier alpha value is -4.16. The van der Waals surface area contributed by atoms with E-state index >= 15 is 0 Å². The summed E-state index contributed by atoms with van der Waals surface area (Å²) in [6, 6.07) is 8.17. The molecule has 0 atom stereocenters. The van der Waals surface area contributed by atoms with E-state index in [-0.39, 0.29) is 0 Å². The van der Waals surface area contributed by atoms with Crippen LogP contribution in [0.1, 0.15) is 35.5 Å². The Bertz CT molecular complexity index is 1630. The number of H-pyrrole nitrogens is 1. The molecular formula is C28H30N8O3S. The number of fused-ring (bicyclic) bond motifs is 2. The van der Waals surface area contributed by atoms with Gasteiger partial charge in [-0.25, -0.2) is 24.7 Å². The van der Waals surface area contributed by atoms with Crippen molar-refractivity contribution < 1.29 is 14.3 Å². The Morgan fingerprint density at radius 2 is 1.98 bits per heavy atom. The van der Waals surface area contributed by atoms with Crippen molar-refractivity contribution in [3.63, 3.8) is 0 Å². The summed E-state index contributed by atoms with van der Waals surface area (Å²) in [6.07, 6.45) is 5.80. The van der Waals surface area contributed by atoms with Crippen LogP contribution in [0.4, 0.5) is 11.8 Å². The van der Waals surface area contributed by atoms with Gasteiger partial charge in [0.2, 0.25) is 5.95 Å². The molecule has 1 aliphatic rings. The highest BCUT2D eigenvalue weighted by Crippen LogP contribution is 2.36. The largest absolute Gasteiger partial charge is 0.462 e. The number of hydrogen-bond acceptors (Lipinski definition) is 11. The molecule has 11 nitrogen and oxygen atoms in total. The van der Waals surface area contributed by atoms with E-state index < -0.39 is 5.97 Å². The van der Waals surface area contributed by atoms with Crippen molar-refractivity contribution in [2.75, 3.05) is 49.3 Å². The Morgan fingerprint density at radius 3 is 2.75 bits per heavy atom. The second-order valence-corrected chi connectivity index (χ2v) is 10.6. The van der Waals surface area contributed by atoms with Gasteiger partial charge in [-0.2, -0.15) is 5.10 Å². The molecule has 0 spiro atoms. The second kappa shape index (κ2) is 11.5. The van der Waals surface area contributed by atoms with E-state index in [9.17, 15) is 4.79 Å². The first kappa shape index (κ1) is 26.1. The van der Waals surface area contributed by atoms with Gasteiger partial charge in [0.05, 0.1) is 53.9 Å². The number of morpholine rings is 1. The molecule has 6 rings (SSSR count). The fourth-order valence-corrected chi connectivity index (χ4v) is 5.96. The summed E-state index contributed by atoms with van der Waals surface area (Å²) in [7, 11) is 0. The third-order valence-corrected chi connectivity index (χ3v) is 7.82. The molecule has 5 aromatic rings. The number of nitrogens with zero attached hydrogens (tertiary/aromatic N) is 7. The van der Waals surface area contributed by atoms with E-state index in [1.807, 2.05) is 24.4 Å². The van der Waals surface area contributed by atoms with Crippen LogP contribution >= 0.6 is 11.3 Å². The fourth-order valence-electron chi connectivity index (χ4n) is 4.83. The van der Waals surface area contributed by atoms with Crippen molar-refractivity contribution in [2.45, 2.75) is 26.8 Å². The summed E-state index contributed by atoms with van der Waals surface area (Å²) in [6.45, 7) is 8.47. The molecular weight excluding hydrogens is 528 g/mol. The summed E-state index contributed by atoms with van der Waals surface area (Å²) < 4.78 is 11.7. The summed E-state index contributed by atoms with van der Waals surface area (Å²) in [5.74, 6) is 1.75. The van der Waals surface area contributed by atoms with Crippen molar-refractivity contribution in [1.29, 1.82) is 0 Å². The molecule has 1 N–H and O–H groups in total. The lowest BCUT2D eigenvalue weighted by molar-refractivity contribution is 0.0525. The third kappa shape index (κ3) is 5.19. The quantitative estimate of drug-likeness (QED) is 0.260. The lowest BCUT2D eigenvalue weighted by atomic mass is 10.1. The molecule has 4 aromatic heterocycles. The number of thiophene rings is 1. The lowest BCUT2D eigenvalue weighted by Crippen LogP contribution is -2.36. The highest BCUT2D eigenvalue weighted by Gasteiger charge is 2.22. The predicted molar refractivity (Wildman–Crippen MR) is 155 cm³/mol. The van der Waals surface area contributed by atoms with E-state index in [4.69, 9.17) is 19.4 Å². The van der Waals surface area contributed by atoms with Crippen LogP contribution in [0.3, 0.4) is 0 Å². The first-order valence-electron chi connectivity index (χ1n) is 13.4. The normalized spacial score (nSPS) is 13.7. The second-order valence-electron chi connectivity index (χ2n) is 9.45. The molecule has 1 aliphatic heterocycles. The summed E-state index contributed by atoms with van der Waals surface area (Å²) in [5, 5.41) is 8.25. The van der Waals surface area contributed by atoms with Gasteiger partial charge in [0.25, 0.3) is 0 Å². The minimum Gasteiger partial charge on any atom is -0.462 e. The fraction of sp³-hybridized carbons (Fsp3) is 0.357. The molecule has 1 fully saturated rings. The number of rotatable bonds is 9. The Morgan fingerprint density at radius 1 is 1.15 bits per heavy atom. The summed E-state index contributed by atoms with van der Waals surface area (Å²) >= 11 is 1.69. The summed E-state index contributed by atoms with van der Waals surface area (Å²) in [5.41, 5.74) is 3.14. The molecule has 40 heavy (non-hydrogen) atoms. The van der Waals surface area contributed by atoms with Gasteiger partial charge in [0.1, 0.15) is 0 Å². The van der Waals surface area contributed by atoms with Gasteiger partial charge in [-0.1, -0.05) is 19.1 Å². The smallest absolute Gasteiger partial charge is 0.341 e. The van der Waals surface area contributed by atoms with Crippen LogP contribution < -0.4 is 9.80 Å². The number of ether oxygens (including phenoxy) is 2. The van der Waals surface area contributed by atoms with Gasteiger partial charge < -0.3 is 19.3 Å². The predicted octanol–water partition coefficient (Wildman–Crippen LogP) is 4.45. The number of anilines is 2. The number of benzene rings is 1. The topological polar surface area (TPSA) is 122 Å². The van der Waals surface area contributed by atoms with Gasteiger partial charge in [0, 0.05) is 47.9 Å². The number of aromatic nitrogens is 6. The molecule has 0 radical (unpaired) electrons. The van der Waals surface area contributed by atoms with Crippen LogP contribution in [0.5, 0.6) is 0 Å². The molecule has 0 aliphatic carbocycles. The number of nitrogens with one attached hydrogen (secondary N) is 1. The molecule has 0 unspecified atom stereocenters. The molecule has 5 heterocycles. The summed E-state index contributed by atoms with van der Waals surface area (Å²) in [4.78, 5) is 36.7. The number of aromatic amines is 1. The number of hydrogen-bond donors (Lipinski definition) is 1. The first-order valence-corrected chi connectivity index (χ1v) is 14.3. The molecule has 206 valence electrons. The highest BCUT2D eigenvalue weighted by atomic mass is 32.1. The Kier molecular flexibility index (Phi) is 7.51. The molecule has 0 bridgehead atoms. The molecule has 1 aromatic carbocycles. The third-order valence-electron chi connectivity index (χ3n) is 6.71. The average molecular weight is 559 g/mol. The van der Waals surface area contributed by atoms with Crippen molar-refractivity contribution in [3.8, 4) is 11.4 Å². The first-order chi connectivity index (χ1) is 19.6. The maximum Gasteiger partial charge on any atom is 0.341 e. The zero-order valence-electron chi connectivity index (χ0n) is 22.5. The SMILES string of the molecule is CCCN(Cc1cc2nc(-c3cccc4[nH]ncc34)nc(N3CCOCC3)c2s1)c1ncc(C(=O)OCC)cn1. The van der Waals surface area contributed by atoms with Gasteiger partial charge >= 0.3 is 5.97 Å². The van der Waals surface area contributed by atoms with Crippen LogP contribution in [-0.2, 0) is 16.0 Å². The molecule has 0 amide bonds. The lowest BCUT2D eigenvalue weighted by Gasteiger charge is -2.28. The van der Waals surface area contributed by atoms with Crippen molar-refractivity contribution >= 4 is 50.2 Å². The minimum atomic E-state index is -0.420. The molecule has 1 saturated heterocycles. The number of esters is 1. The van der Waals surface area contributed by atoms with Crippen LogP contribution in [0.25, 0.3) is 32.5 Å². The van der Waals surface area contributed by atoms with Crippen LogP contribution in [0.15, 0.2) is 42.9 Å². The maximum atomic E-state index is 12.0. The zero-order valence-corrected chi connectivity index (χ0v) is 23.3. The average Bonchev–Trinajstić information content (AvgIpc) is 3.64. The monoisotopic (exact) mass is 558 g/mol. The van der Waals surface area contributed by atoms with E-state index in [2.05, 4.69) is 43.0 Å². The molecule has 0 saturated carbocycles. The van der Waals surface area contributed by atoms with Crippen molar-refractivity contribution in [1.82, 2.24) is 30.1 Å².